The Hall–Kier alpha value is -1.40. The fourth-order valence-electron chi connectivity index (χ4n) is 2.06. The largest absolute Gasteiger partial charge is 0.377 e. The van der Waals surface area contributed by atoms with Gasteiger partial charge in [-0.05, 0) is 41.2 Å². The summed E-state index contributed by atoms with van der Waals surface area (Å²) in [6.45, 7) is 9.18. The van der Waals surface area contributed by atoms with Crippen LogP contribution in [0.4, 0.5) is 5.69 Å². The van der Waals surface area contributed by atoms with E-state index in [9.17, 15) is 0 Å². The molecule has 0 aliphatic carbocycles. The predicted molar refractivity (Wildman–Crippen MR) is 89.3 cm³/mol. The van der Waals surface area contributed by atoms with Crippen LogP contribution in [0.5, 0.6) is 0 Å². The Bertz CT molecular complexity index is 533. The molecule has 2 aromatic rings. The zero-order valence-corrected chi connectivity index (χ0v) is 14.2. The summed E-state index contributed by atoms with van der Waals surface area (Å²) in [5.41, 5.74) is 2.04. The first-order valence-corrected chi connectivity index (χ1v) is 8.09. The van der Waals surface area contributed by atoms with Gasteiger partial charge in [-0.3, -0.25) is 9.67 Å². The molecule has 2 rings (SSSR count). The monoisotopic (exact) mass is 351 g/mol. The van der Waals surface area contributed by atoms with Crippen molar-refractivity contribution in [3.63, 3.8) is 0 Å². The minimum Gasteiger partial charge on any atom is -0.377 e. The number of hydrogen-bond acceptors (Lipinski definition) is 4. The molecule has 6 heteroatoms. The van der Waals surface area contributed by atoms with Crippen LogP contribution in [0.3, 0.4) is 0 Å². The Morgan fingerprint density at radius 3 is 2.71 bits per heavy atom. The highest BCUT2D eigenvalue weighted by Crippen LogP contribution is 2.10. The third-order valence-corrected chi connectivity index (χ3v) is 3.90. The van der Waals surface area contributed by atoms with Crippen LogP contribution in [0.25, 0.3) is 0 Å². The Balaban J connectivity index is 1.81. The van der Waals surface area contributed by atoms with E-state index in [1.54, 1.807) is 0 Å². The van der Waals surface area contributed by atoms with Gasteiger partial charge < -0.3 is 10.2 Å². The molecule has 0 aliphatic heterocycles. The van der Waals surface area contributed by atoms with Crippen LogP contribution >= 0.6 is 15.9 Å². The van der Waals surface area contributed by atoms with Crippen molar-refractivity contribution in [3.8, 4) is 0 Å². The van der Waals surface area contributed by atoms with Crippen LogP contribution in [0.1, 0.15) is 19.5 Å². The molecule has 0 fully saturated rings. The maximum atomic E-state index is 4.38. The number of nitrogens with one attached hydrogen (secondary N) is 1. The highest BCUT2D eigenvalue weighted by atomic mass is 79.9. The van der Waals surface area contributed by atoms with Crippen molar-refractivity contribution < 1.29 is 0 Å². The van der Waals surface area contributed by atoms with Crippen LogP contribution in [-0.2, 0) is 13.1 Å². The lowest BCUT2D eigenvalue weighted by Gasteiger charge is -2.17. The molecule has 0 unspecified atom stereocenters. The van der Waals surface area contributed by atoms with Crippen LogP contribution in [0.2, 0.25) is 0 Å². The highest BCUT2D eigenvalue weighted by Gasteiger charge is 2.02. The van der Waals surface area contributed by atoms with Gasteiger partial charge in [0.15, 0.2) is 0 Å². The van der Waals surface area contributed by atoms with Crippen LogP contribution in [-0.4, -0.2) is 39.3 Å². The summed E-state index contributed by atoms with van der Waals surface area (Å²) < 4.78 is 2.98. The fourth-order valence-corrected chi connectivity index (χ4v) is 2.30. The van der Waals surface area contributed by atoms with Gasteiger partial charge in [0, 0.05) is 23.4 Å². The van der Waals surface area contributed by atoms with E-state index in [1.807, 2.05) is 35.4 Å². The first kappa shape index (κ1) is 16.0. The molecular weight excluding hydrogens is 330 g/mol. The summed E-state index contributed by atoms with van der Waals surface area (Å²) in [5, 5.41) is 7.72. The third-order valence-electron chi connectivity index (χ3n) is 3.44. The Labute approximate surface area is 134 Å². The first-order chi connectivity index (χ1) is 10.2. The molecule has 21 heavy (non-hydrogen) atoms. The minimum atomic E-state index is 0.703. The maximum Gasteiger partial charge on any atom is 0.0729 e. The van der Waals surface area contributed by atoms with E-state index in [2.05, 4.69) is 50.1 Å². The molecule has 2 heterocycles. The maximum absolute atomic E-state index is 4.38. The van der Waals surface area contributed by atoms with E-state index in [4.69, 9.17) is 0 Å². The van der Waals surface area contributed by atoms with Crippen LogP contribution in [0.15, 0.2) is 35.2 Å². The Kier molecular flexibility index (Phi) is 6.20. The fraction of sp³-hybridized carbons (Fsp3) is 0.467. The van der Waals surface area contributed by atoms with Gasteiger partial charge in [-0.25, -0.2) is 0 Å². The quantitative estimate of drug-likeness (QED) is 0.793. The minimum absolute atomic E-state index is 0.703. The SMILES string of the molecule is CCN(CC)CCn1cc(NCc2ccc(Br)cn2)cn1. The zero-order chi connectivity index (χ0) is 15.1. The lowest BCUT2D eigenvalue weighted by Crippen LogP contribution is -2.27. The second-order valence-corrected chi connectivity index (χ2v) is 5.76. The number of halogens is 1. The number of rotatable bonds is 8. The predicted octanol–water partition coefficient (Wildman–Crippen LogP) is 2.99. The van der Waals surface area contributed by atoms with Gasteiger partial charge in [0.1, 0.15) is 0 Å². The van der Waals surface area contributed by atoms with Crippen molar-refractivity contribution >= 4 is 21.6 Å². The van der Waals surface area contributed by atoms with Crippen molar-refractivity contribution in [2.45, 2.75) is 26.9 Å². The van der Waals surface area contributed by atoms with E-state index >= 15 is 0 Å². The second kappa shape index (κ2) is 8.14. The summed E-state index contributed by atoms with van der Waals surface area (Å²) >= 11 is 3.39. The molecule has 0 saturated heterocycles. The summed E-state index contributed by atoms with van der Waals surface area (Å²) in [6, 6.07) is 4.00. The van der Waals surface area contributed by atoms with E-state index in [0.29, 0.717) is 6.54 Å². The molecule has 0 radical (unpaired) electrons. The summed E-state index contributed by atoms with van der Waals surface area (Å²) in [7, 11) is 0. The lowest BCUT2D eigenvalue weighted by molar-refractivity contribution is 0.285. The molecule has 0 atom stereocenters. The first-order valence-electron chi connectivity index (χ1n) is 7.30. The van der Waals surface area contributed by atoms with Crippen LogP contribution < -0.4 is 5.32 Å². The number of anilines is 1. The number of likely N-dealkylation sites (N-methyl/N-ethyl adjacent to an activating group) is 1. The molecule has 0 aromatic carbocycles. The van der Waals surface area contributed by atoms with Crippen molar-refractivity contribution in [2.24, 2.45) is 0 Å². The molecular formula is C15H22BrN5. The van der Waals surface area contributed by atoms with Crippen molar-refractivity contribution in [1.29, 1.82) is 0 Å². The molecule has 0 saturated carbocycles. The second-order valence-electron chi connectivity index (χ2n) is 4.84. The van der Waals surface area contributed by atoms with Gasteiger partial charge in [-0.1, -0.05) is 13.8 Å². The molecule has 0 amide bonds. The van der Waals surface area contributed by atoms with Gasteiger partial charge in [0.2, 0.25) is 0 Å². The average molecular weight is 352 g/mol. The summed E-state index contributed by atoms with van der Waals surface area (Å²) in [6.07, 6.45) is 5.72. The normalized spacial score (nSPS) is 11.0. The molecule has 0 bridgehead atoms. The number of pyridine rings is 1. The average Bonchev–Trinajstić information content (AvgIpc) is 2.96. The smallest absolute Gasteiger partial charge is 0.0729 e. The Morgan fingerprint density at radius 2 is 2.05 bits per heavy atom. The number of hydrogen-bond donors (Lipinski definition) is 1. The lowest BCUT2D eigenvalue weighted by atomic mass is 10.3. The number of nitrogens with zero attached hydrogens (tertiary/aromatic N) is 4. The van der Waals surface area contributed by atoms with Crippen molar-refractivity contribution in [3.05, 3.63) is 40.9 Å². The van der Waals surface area contributed by atoms with Crippen molar-refractivity contribution in [1.82, 2.24) is 19.7 Å². The van der Waals surface area contributed by atoms with Gasteiger partial charge in [0.05, 0.1) is 30.7 Å². The molecule has 2 aromatic heterocycles. The van der Waals surface area contributed by atoms with Gasteiger partial charge in [0.25, 0.3) is 0 Å². The molecule has 1 N–H and O–H groups in total. The summed E-state index contributed by atoms with van der Waals surface area (Å²) in [4.78, 5) is 6.73. The molecule has 0 aliphatic rings. The van der Waals surface area contributed by atoms with Crippen LogP contribution in [0, 0.1) is 0 Å². The van der Waals surface area contributed by atoms with Gasteiger partial charge in [-0.2, -0.15) is 5.10 Å². The highest BCUT2D eigenvalue weighted by molar-refractivity contribution is 9.10. The van der Waals surface area contributed by atoms with E-state index in [1.165, 1.54) is 0 Å². The third kappa shape index (κ3) is 5.13. The van der Waals surface area contributed by atoms with Gasteiger partial charge >= 0.3 is 0 Å². The van der Waals surface area contributed by atoms with Crippen molar-refractivity contribution in [2.75, 3.05) is 25.0 Å². The molecule has 5 nitrogen and oxygen atoms in total. The summed E-state index contributed by atoms with van der Waals surface area (Å²) in [5.74, 6) is 0. The molecule has 114 valence electrons. The zero-order valence-electron chi connectivity index (χ0n) is 12.6. The van der Waals surface area contributed by atoms with E-state index in [0.717, 1.165) is 42.0 Å². The van der Waals surface area contributed by atoms with E-state index in [-0.39, 0.29) is 0 Å². The Morgan fingerprint density at radius 1 is 1.24 bits per heavy atom. The standard InChI is InChI=1S/C15H22BrN5/c1-3-20(4-2)7-8-21-12-15(11-19-21)18-10-14-6-5-13(16)9-17-14/h5-6,9,11-12,18H,3-4,7-8,10H2,1-2H3. The van der Waals surface area contributed by atoms with E-state index < -0.39 is 0 Å². The molecule has 0 spiro atoms. The topological polar surface area (TPSA) is 46.0 Å². The number of aromatic nitrogens is 3. The van der Waals surface area contributed by atoms with Gasteiger partial charge in [-0.15, -0.1) is 0 Å².